The average Bonchev–Trinajstić information content (AvgIpc) is 2.91. The molecule has 2 heterocycles. The first-order valence-corrected chi connectivity index (χ1v) is 7.59. The van der Waals surface area contributed by atoms with E-state index in [2.05, 4.69) is 15.6 Å². The zero-order valence-corrected chi connectivity index (χ0v) is 12.8. The highest BCUT2D eigenvalue weighted by molar-refractivity contribution is 5.91. The smallest absolute Gasteiger partial charge is 0.326 e. The first kappa shape index (κ1) is 16.0. The van der Waals surface area contributed by atoms with Crippen molar-refractivity contribution in [3.63, 3.8) is 0 Å². The molecular formula is C16H18N4O4. The quantitative estimate of drug-likeness (QED) is 0.509. The molecule has 126 valence electrons. The van der Waals surface area contributed by atoms with Crippen LogP contribution in [0.2, 0.25) is 0 Å². The number of benzene rings is 1. The van der Waals surface area contributed by atoms with Gasteiger partial charge in [0.15, 0.2) is 0 Å². The lowest BCUT2D eigenvalue weighted by Crippen LogP contribution is -2.53. The minimum absolute atomic E-state index is 0.438. The molecule has 1 aromatic heterocycles. The van der Waals surface area contributed by atoms with E-state index in [4.69, 9.17) is 10.8 Å². The number of hydrogen-bond donors (Lipinski definition) is 5. The van der Waals surface area contributed by atoms with Crippen molar-refractivity contribution in [3.8, 4) is 0 Å². The van der Waals surface area contributed by atoms with Gasteiger partial charge in [0.1, 0.15) is 6.04 Å². The van der Waals surface area contributed by atoms with Crippen LogP contribution in [0.5, 0.6) is 0 Å². The van der Waals surface area contributed by atoms with Crippen molar-refractivity contribution in [2.45, 2.75) is 31.5 Å². The van der Waals surface area contributed by atoms with E-state index in [9.17, 15) is 14.4 Å². The van der Waals surface area contributed by atoms with E-state index >= 15 is 0 Å². The van der Waals surface area contributed by atoms with Crippen molar-refractivity contribution in [2.24, 2.45) is 5.73 Å². The monoisotopic (exact) mass is 330 g/mol. The van der Waals surface area contributed by atoms with Gasteiger partial charge in [0, 0.05) is 23.1 Å². The predicted molar refractivity (Wildman–Crippen MR) is 86.0 cm³/mol. The molecular weight excluding hydrogens is 312 g/mol. The van der Waals surface area contributed by atoms with Crippen LogP contribution in [-0.2, 0) is 27.3 Å². The number of aromatic amines is 1. The van der Waals surface area contributed by atoms with E-state index in [1.54, 1.807) is 0 Å². The summed E-state index contributed by atoms with van der Waals surface area (Å²) in [4.78, 5) is 37.7. The molecule has 0 fully saturated rings. The number of nitrogens with two attached hydrogens (primary N) is 1. The number of aromatic nitrogens is 1. The van der Waals surface area contributed by atoms with E-state index in [-0.39, 0.29) is 0 Å². The van der Waals surface area contributed by atoms with Gasteiger partial charge < -0.3 is 21.1 Å². The Morgan fingerprint density at radius 2 is 2.08 bits per heavy atom. The summed E-state index contributed by atoms with van der Waals surface area (Å²) in [6, 6.07) is 5.94. The number of carboxylic acid groups (broad SMARTS) is 1. The number of nitrogens with one attached hydrogen (secondary N) is 3. The Bertz CT molecular complexity index is 814. The molecule has 8 heteroatoms. The van der Waals surface area contributed by atoms with Crippen molar-refractivity contribution in [1.82, 2.24) is 15.6 Å². The summed E-state index contributed by atoms with van der Waals surface area (Å²) >= 11 is 0. The molecule has 1 aliphatic rings. The zero-order valence-electron chi connectivity index (χ0n) is 12.8. The number of hydrogen-bond acceptors (Lipinski definition) is 4. The summed E-state index contributed by atoms with van der Waals surface area (Å²) in [5, 5.41) is 15.6. The number of amides is 2. The number of para-hydroxylation sites is 1. The fourth-order valence-corrected chi connectivity index (χ4v) is 3.00. The molecule has 6 N–H and O–H groups in total. The highest BCUT2D eigenvalue weighted by atomic mass is 16.4. The third-order valence-electron chi connectivity index (χ3n) is 4.17. The Labute approximate surface area is 137 Å². The Hall–Kier alpha value is -2.87. The van der Waals surface area contributed by atoms with Gasteiger partial charge in [0.25, 0.3) is 0 Å². The second-order valence-electron chi connectivity index (χ2n) is 5.84. The highest BCUT2D eigenvalue weighted by Crippen LogP contribution is 2.26. The largest absolute Gasteiger partial charge is 0.480 e. The molecule has 2 aromatic rings. The molecule has 0 saturated carbocycles. The van der Waals surface area contributed by atoms with Gasteiger partial charge in [-0.05, 0) is 18.1 Å². The standard InChI is InChI=1S/C16H18N4O4/c17-14(21)6-12(16(23)24)20-15(22)11-5-9-8-3-1-2-4-10(8)19-13(9)7-18-11/h1-4,11-12,18-19H,5-7H2,(H2,17,21)(H,20,22)(H,23,24)/t11-,12-/m0/s1. The Kier molecular flexibility index (Phi) is 4.22. The van der Waals surface area contributed by atoms with E-state index in [1.807, 2.05) is 24.3 Å². The maximum absolute atomic E-state index is 12.4. The third kappa shape index (κ3) is 3.09. The zero-order chi connectivity index (χ0) is 17.3. The Balaban J connectivity index is 1.75. The maximum Gasteiger partial charge on any atom is 0.326 e. The first-order chi connectivity index (χ1) is 11.5. The molecule has 0 bridgehead atoms. The summed E-state index contributed by atoms with van der Waals surface area (Å²) in [5.41, 5.74) is 8.09. The predicted octanol–water partition coefficient (Wildman–Crippen LogP) is -0.373. The lowest BCUT2D eigenvalue weighted by atomic mass is 9.97. The van der Waals surface area contributed by atoms with E-state index in [1.165, 1.54) is 0 Å². The van der Waals surface area contributed by atoms with Gasteiger partial charge in [-0.2, -0.15) is 0 Å². The number of fused-ring (bicyclic) bond motifs is 3. The van der Waals surface area contributed by atoms with Crippen LogP contribution >= 0.6 is 0 Å². The molecule has 1 aromatic carbocycles. The SMILES string of the molecule is NC(=O)C[C@H](NC(=O)[C@@H]1Cc2c([nH]c3ccccc23)CN1)C(=O)O. The van der Waals surface area contributed by atoms with Crippen LogP contribution in [0.4, 0.5) is 0 Å². The summed E-state index contributed by atoms with van der Waals surface area (Å²) in [6.45, 7) is 0.482. The molecule has 0 unspecified atom stereocenters. The average molecular weight is 330 g/mol. The molecule has 0 spiro atoms. The highest BCUT2D eigenvalue weighted by Gasteiger charge is 2.30. The van der Waals surface area contributed by atoms with Gasteiger partial charge in [-0.25, -0.2) is 4.79 Å². The van der Waals surface area contributed by atoms with Crippen LogP contribution < -0.4 is 16.4 Å². The second-order valence-corrected chi connectivity index (χ2v) is 5.84. The molecule has 2 amide bonds. The maximum atomic E-state index is 12.4. The van der Waals surface area contributed by atoms with E-state index < -0.39 is 36.3 Å². The minimum atomic E-state index is -1.32. The Morgan fingerprint density at radius 3 is 2.79 bits per heavy atom. The van der Waals surface area contributed by atoms with Crippen molar-refractivity contribution in [1.29, 1.82) is 0 Å². The number of primary amides is 1. The van der Waals surface area contributed by atoms with Crippen molar-refractivity contribution < 1.29 is 19.5 Å². The molecule has 0 radical (unpaired) electrons. The van der Waals surface area contributed by atoms with Crippen LogP contribution in [0.1, 0.15) is 17.7 Å². The van der Waals surface area contributed by atoms with Crippen LogP contribution in [0, 0.1) is 0 Å². The fraction of sp³-hybridized carbons (Fsp3) is 0.312. The van der Waals surface area contributed by atoms with Crippen LogP contribution in [-0.4, -0.2) is 40.0 Å². The molecule has 24 heavy (non-hydrogen) atoms. The van der Waals surface area contributed by atoms with Crippen molar-refractivity contribution in [3.05, 3.63) is 35.5 Å². The van der Waals surface area contributed by atoms with Crippen molar-refractivity contribution >= 4 is 28.7 Å². The van der Waals surface area contributed by atoms with Crippen molar-refractivity contribution in [2.75, 3.05) is 0 Å². The van der Waals surface area contributed by atoms with Gasteiger partial charge in [0.2, 0.25) is 11.8 Å². The number of carbonyl (C=O) groups is 3. The van der Waals surface area contributed by atoms with E-state index in [0.29, 0.717) is 13.0 Å². The van der Waals surface area contributed by atoms with E-state index in [0.717, 1.165) is 22.2 Å². The third-order valence-corrected chi connectivity index (χ3v) is 4.17. The van der Waals surface area contributed by atoms with Gasteiger partial charge in [-0.3, -0.25) is 14.9 Å². The lowest BCUT2D eigenvalue weighted by Gasteiger charge is -2.25. The molecule has 2 atom stereocenters. The molecule has 0 aliphatic carbocycles. The summed E-state index contributed by atoms with van der Waals surface area (Å²) in [7, 11) is 0. The van der Waals surface area contributed by atoms with Gasteiger partial charge >= 0.3 is 5.97 Å². The van der Waals surface area contributed by atoms with Crippen LogP contribution in [0.15, 0.2) is 24.3 Å². The van der Waals surface area contributed by atoms with Gasteiger partial charge in [-0.1, -0.05) is 18.2 Å². The number of H-pyrrole nitrogens is 1. The molecule has 8 nitrogen and oxygen atoms in total. The summed E-state index contributed by atoms with van der Waals surface area (Å²) in [5.74, 6) is -2.52. The fourth-order valence-electron chi connectivity index (χ4n) is 3.00. The summed E-state index contributed by atoms with van der Waals surface area (Å²) < 4.78 is 0. The van der Waals surface area contributed by atoms with Crippen LogP contribution in [0.3, 0.4) is 0 Å². The molecule has 1 aliphatic heterocycles. The molecule has 0 saturated heterocycles. The Morgan fingerprint density at radius 1 is 1.33 bits per heavy atom. The minimum Gasteiger partial charge on any atom is -0.480 e. The topological polar surface area (TPSA) is 137 Å². The van der Waals surface area contributed by atoms with Gasteiger partial charge in [0.05, 0.1) is 12.5 Å². The second kappa shape index (κ2) is 6.32. The first-order valence-electron chi connectivity index (χ1n) is 7.59. The normalized spacial score (nSPS) is 17.9. The molecule has 3 rings (SSSR count). The number of carboxylic acids is 1. The summed E-state index contributed by atoms with van der Waals surface area (Å²) in [6.07, 6.45) is 0.000217. The number of rotatable bonds is 5. The lowest BCUT2D eigenvalue weighted by molar-refractivity contribution is -0.143. The van der Waals surface area contributed by atoms with Gasteiger partial charge in [-0.15, -0.1) is 0 Å². The van der Waals surface area contributed by atoms with Crippen LogP contribution in [0.25, 0.3) is 10.9 Å². The number of aliphatic carboxylic acids is 1. The number of carbonyl (C=O) groups excluding carboxylic acids is 2.